The summed E-state index contributed by atoms with van der Waals surface area (Å²) in [5.41, 5.74) is 2.97. The third-order valence-corrected chi connectivity index (χ3v) is 8.39. The Hall–Kier alpha value is -1.15. The van der Waals surface area contributed by atoms with Crippen LogP contribution >= 0.6 is 27.5 Å². The summed E-state index contributed by atoms with van der Waals surface area (Å²) in [6.07, 6.45) is 1.78. The quantitative estimate of drug-likeness (QED) is 0.635. The van der Waals surface area contributed by atoms with Gasteiger partial charge in [-0.05, 0) is 35.6 Å². The highest BCUT2D eigenvalue weighted by Gasteiger charge is 2.42. The topological polar surface area (TPSA) is 59.5 Å². The zero-order valence-electron chi connectivity index (χ0n) is 14.9. The van der Waals surface area contributed by atoms with E-state index in [1.165, 1.54) is 0 Å². The molecule has 0 saturated carbocycles. The maximum absolute atomic E-state index is 12.3. The van der Waals surface area contributed by atoms with Gasteiger partial charge < -0.3 is 9.64 Å². The molecule has 144 valence electrons. The molecule has 8 heteroatoms. The van der Waals surface area contributed by atoms with Gasteiger partial charge >= 0.3 is 0 Å². The molecular weight excluding hydrogens is 452 g/mol. The standard InChI is InChI=1S/C19H20BrClN2O3S/c1-11(2)19-13-5-18(21)22-7-14(13)16(6-15(19)20)23-8-12(9-23)17-10-26-3-4-27(17,24)25/h5-7,12,17H,1,3-4,8-10H2,2H3. The summed E-state index contributed by atoms with van der Waals surface area (Å²) in [6, 6.07) is 3.91. The Balaban J connectivity index is 1.68. The van der Waals surface area contributed by atoms with Gasteiger partial charge in [0.05, 0.1) is 24.2 Å². The van der Waals surface area contributed by atoms with Crippen molar-refractivity contribution in [2.45, 2.75) is 12.2 Å². The molecule has 1 aromatic carbocycles. The van der Waals surface area contributed by atoms with Gasteiger partial charge in [-0.2, -0.15) is 0 Å². The second-order valence-corrected chi connectivity index (χ2v) is 10.8. The van der Waals surface area contributed by atoms with Gasteiger partial charge in [-0.3, -0.25) is 0 Å². The highest BCUT2D eigenvalue weighted by atomic mass is 79.9. The maximum atomic E-state index is 12.3. The molecule has 0 amide bonds. The number of hydrogen-bond donors (Lipinski definition) is 0. The second-order valence-electron chi connectivity index (χ2n) is 7.23. The van der Waals surface area contributed by atoms with Crippen LogP contribution in [0.3, 0.4) is 0 Å². The average Bonchev–Trinajstić information content (AvgIpc) is 2.53. The zero-order valence-corrected chi connectivity index (χ0v) is 18.1. The summed E-state index contributed by atoms with van der Waals surface area (Å²) in [5, 5.41) is 2.01. The number of sulfone groups is 1. The number of fused-ring (bicyclic) bond motifs is 1. The lowest BCUT2D eigenvalue weighted by molar-refractivity contribution is 0.119. The molecule has 5 nitrogen and oxygen atoms in total. The molecule has 2 aliphatic heterocycles. The van der Waals surface area contributed by atoms with E-state index in [-0.39, 0.29) is 11.7 Å². The fourth-order valence-electron chi connectivity index (χ4n) is 3.94. The summed E-state index contributed by atoms with van der Waals surface area (Å²) in [7, 11) is -3.07. The van der Waals surface area contributed by atoms with Gasteiger partial charge in [0.2, 0.25) is 0 Å². The summed E-state index contributed by atoms with van der Waals surface area (Å²) in [5.74, 6) is 0.212. The van der Waals surface area contributed by atoms with Crippen molar-refractivity contribution in [3.63, 3.8) is 0 Å². The monoisotopic (exact) mass is 470 g/mol. The zero-order chi connectivity index (χ0) is 19.3. The molecule has 2 aromatic rings. The smallest absolute Gasteiger partial charge is 0.158 e. The Morgan fingerprint density at radius 3 is 2.78 bits per heavy atom. The van der Waals surface area contributed by atoms with Gasteiger partial charge in [-0.25, -0.2) is 13.4 Å². The molecule has 2 aliphatic rings. The number of benzene rings is 1. The minimum absolute atomic E-state index is 0.0881. The Morgan fingerprint density at radius 2 is 2.11 bits per heavy atom. The molecule has 2 fully saturated rings. The van der Waals surface area contributed by atoms with E-state index < -0.39 is 15.1 Å². The Labute approximate surface area is 172 Å². The van der Waals surface area contributed by atoms with E-state index in [9.17, 15) is 8.42 Å². The Bertz CT molecular complexity index is 1030. The summed E-state index contributed by atoms with van der Waals surface area (Å²) < 4.78 is 31.0. The fraction of sp³-hybridized carbons (Fsp3) is 0.421. The van der Waals surface area contributed by atoms with Crippen LogP contribution in [0.1, 0.15) is 12.5 Å². The van der Waals surface area contributed by atoms with E-state index >= 15 is 0 Å². The average molecular weight is 472 g/mol. The van der Waals surface area contributed by atoms with Crippen molar-refractivity contribution in [3.05, 3.63) is 40.1 Å². The van der Waals surface area contributed by atoms with Crippen molar-refractivity contribution in [2.24, 2.45) is 5.92 Å². The summed E-state index contributed by atoms with van der Waals surface area (Å²) in [4.78, 5) is 6.44. The van der Waals surface area contributed by atoms with Crippen LogP contribution in [0.15, 0.2) is 29.4 Å². The van der Waals surface area contributed by atoms with Crippen LogP contribution in [0.5, 0.6) is 0 Å². The van der Waals surface area contributed by atoms with Crippen LogP contribution in [-0.4, -0.2) is 50.7 Å². The van der Waals surface area contributed by atoms with E-state index in [1.807, 2.05) is 13.0 Å². The second kappa shape index (κ2) is 7.03. The molecule has 4 rings (SSSR count). The van der Waals surface area contributed by atoms with Crippen molar-refractivity contribution < 1.29 is 13.2 Å². The number of ether oxygens (including phenoxy) is 1. The van der Waals surface area contributed by atoms with Crippen molar-refractivity contribution in [2.75, 3.05) is 37.0 Å². The van der Waals surface area contributed by atoms with Crippen molar-refractivity contribution in [1.82, 2.24) is 4.98 Å². The highest BCUT2D eigenvalue weighted by molar-refractivity contribution is 9.10. The first kappa shape index (κ1) is 19.2. The Kier molecular flexibility index (Phi) is 4.99. The van der Waals surface area contributed by atoms with Crippen LogP contribution in [0.2, 0.25) is 5.15 Å². The Morgan fingerprint density at radius 1 is 1.37 bits per heavy atom. The van der Waals surface area contributed by atoms with Crippen LogP contribution in [0, 0.1) is 5.92 Å². The van der Waals surface area contributed by atoms with Crippen molar-refractivity contribution in [1.29, 1.82) is 0 Å². The van der Waals surface area contributed by atoms with Crippen LogP contribution in [0.25, 0.3) is 16.3 Å². The molecule has 2 saturated heterocycles. The normalized spacial score (nSPS) is 22.6. The minimum atomic E-state index is -3.07. The third-order valence-electron chi connectivity index (χ3n) is 5.38. The molecular formula is C19H20BrClN2O3S. The molecule has 27 heavy (non-hydrogen) atoms. The number of pyridine rings is 1. The van der Waals surface area contributed by atoms with Crippen molar-refractivity contribution in [3.8, 4) is 0 Å². The number of aromatic nitrogens is 1. The molecule has 0 bridgehead atoms. The predicted octanol–water partition coefficient (Wildman–Crippen LogP) is 3.93. The van der Waals surface area contributed by atoms with Crippen molar-refractivity contribution >= 4 is 59.4 Å². The van der Waals surface area contributed by atoms with E-state index in [1.54, 1.807) is 6.20 Å². The van der Waals surface area contributed by atoms with E-state index in [4.69, 9.17) is 16.3 Å². The predicted molar refractivity (Wildman–Crippen MR) is 113 cm³/mol. The van der Waals surface area contributed by atoms with Gasteiger partial charge in [-0.1, -0.05) is 34.1 Å². The SMILES string of the molecule is C=C(C)c1c(Br)cc(N2CC(C3COCCS3(=O)=O)C2)c2cnc(Cl)cc12. The lowest BCUT2D eigenvalue weighted by Crippen LogP contribution is -2.57. The van der Waals surface area contributed by atoms with Gasteiger partial charge in [-0.15, -0.1) is 0 Å². The van der Waals surface area contributed by atoms with E-state index in [0.717, 1.165) is 32.1 Å². The lowest BCUT2D eigenvalue weighted by atomic mass is 9.93. The van der Waals surface area contributed by atoms with Crippen LogP contribution < -0.4 is 4.90 Å². The number of hydrogen-bond acceptors (Lipinski definition) is 5. The van der Waals surface area contributed by atoms with Gasteiger partial charge in [0.15, 0.2) is 9.84 Å². The number of nitrogens with zero attached hydrogens (tertiary/aromatic N) is 2. The maximum Gasteiger partial charge on any atom is 0.158 e. The number of halogens is 2. The number of allylic oxidation sites excluding steroid dienone is 1. The third kappa shape index (κ3) is 3.39. The minimum Gasteiger partial charge on any atom is -0.379 e. The fourth-order valence-corrected chi connectivity index (χ4v) is 6.58. The molecule has 1 aromatic heterocycles. The molecule has 0 N–H and O–H groups in total. The lowest BCUT2D eigenvalue weighted by Gasteiger charge is -2.45. The van der Waals surface area contributed by atoms with Gasteiger partial charge in [0.25, 0.3) is 0 Å². The molecule has 1 atom stereocenters. The molecule has 0 radical (unpaired) electrons. The molecule has 0 aliphatic carbocycles. The number of anilines is 1. The van der Waals surface area contributed by atoms with Crippen LogP contribution in [-0.2, 0) is 14.6 Å². The largest absolute Gasteiger partial charge is 0.379 e. The first-order chi connectivity index (χ1) is 12.8. The van der Waals surface area contributed by atoms with Crippen LogP contribution in [0.4, 0.5) is 5.69 Å². The molecule has 3 heterocycles. The summed E-state index contributed by atoms with van der Waals surface area (Å²) in [6.45, 7) is 8.01. The van der Waals surface area contributed by atoms with E-state index in [2.05, 4.69) is 38.5 Å². The van der Waals surface area contributed by atoms with E-state index in [0.29, 0.717) is 31.5 Å². The number of rotatable bonds is 3. The van der Waals surface area contributed by atoms with Gasteiger partial charge in [0.1, 0.15) is 5.15 Å². The molecule has 0 spiro atoms. The van der Waals surface area contributed by atoms with Gasteiger partial charge in [0, 0.05) is 40.8 Å². The molecule has 1 unspecified atom stereocenters. The summed E-state index contributed by atoms with van der Waals surface area (Å²) >= 11 is 9.79. The first-order valence-electron chi connectivity index (χ1n) is 8.76. The first-order valence-corrected chi connectivity index (χ1v) is 11.6. The highest BCUT2D eigenvalue weighted by Crippen LogP contribution is 2.41.